The summed E-state index contributed by atoms with van der Waals surface area (Å²) in [6.07, 6.45) is 2.95. The summed E-state index contributed by atoms with van der Waals surface area (Å²) in [5.41, 5.74) is 9.92. The second-order valence-corrected chi connectivity index (χ2v) is 12.6. The molecule has 3 heterocycles. The lowest BCUT2D eigenvalue weighted by atomic mass is 9.77. The number of ketones is 1. The Bertz CT molecular complexity index is 1590. The van der Waals surface area contributed by atoms with Crippen molar-refractivity contribution in [1.82, 2.24) is 14.5 Å². The van der Waals surface area contributed by atoms with E-state index in [1.165, 1.54) is 33.2 Å². The fraction of sp³-hybridized carbons (Fsp3) is 0.516. The summed E-state index contributed by atoms with van der Waals surface area (Å²) >= 11 is 0. The van der Waals surface area contributed by atoms with Gasteiger partial charge in [0.05, 0.1) is 23.4 Å². The maximum Gasteiger partial charge on any atom is 0.254 e. The molecule has 2 aliphatic carbocycles. The maximum absolute atomic E-state index is 13.8. The number of nitrogens with zero attached hydrogens (tertiary/aromatic N) is 3. The highest BCUT2D eigenvalue weighted by molar-refractivity contribution is 5.95. The zero-order chi connectivity index (χ0) is 26.6. The lowest BCUT2D eigenvalue weighted by Gasteiger charge is -2.32. The molecule has 3 aliphatic rings. The van der Waals surface area contributed by atoms with Crippen LogP contribution in [0, 0.1) is 19.3 Å². The number of aryl methyl sites for hydroxylation is 2. The van der Waals surface area contributed by atoms with Gasteiger partial charge in [-0.25, -0.2) is 4.98 Å². The molecule has 6 rings (SSSR count). The van der Waals surface area contributed by atoms with Gasteiger partial charge in [0.1, 0.15) is 5.60 Å². The van der Waals surface area contributed by atoms with Crippen LogP contribution >= 0.6 is 0 Å². The van der Waals surface area contributed by atoms with E-state index in [9.17, 15) is 14.7 Å². The topological polar surface area (TPSA) is 75.4 Å². The monoisotopic (exact) mass is 499 g/mol. The first-order valence-corrected chi connectivity index (χ1v) is 13.5. The number of pyridine rings is 2. The number of carbonyl (C=O) groups excluding carboxylic acids is 1. The molecule has 6 nitrogen and oxygen atoms in total. The first-order chi connectivity index (χ1) is 17.4. The Hall–Kier alpha value is -2.83. The summed E-state index contributed by atoms with van der Waals surface area (Å²) in [6, 6.07) is 1.89. The molecule has 0 saturated carbocycles. The van der Waals surface area contributed by atoms with Gasteiger partial charge in [-0.05, 0) is 92.9 Å². The van der Waals surface area contributed by atoms with Crippen LogP contribution in [0.2, 0.25) is 0 Å². The van der Waals surface area contributed by atoms with Gasteiger partial charge >= 0.3 is 0 Å². The molecular weight excluding hydrogens is 462 g/mol. The van der Waals surface area contributed by atoms with Crippen LogP contribution in [0.4, 0.5) is 0 Å². The highest BCUT2D eigenvalue weighted by Crippen LogP contribution is 2.46. The molecule has 0 amide bonds. The standard InChI is InChI=1S/C31H37N3O3/c1-8-31(37)23-11-24-28-22(15-34(24)29(36)18(23)9-10-25(31)35)21(14-33(6)7)26-16(2)19-12-30(4,5)13-20(19)17(3)27(26)32-28/h11,37H,8-10,12-15H2,1-7H3/t31-/m0/s1. The number of fused-ring (bicyclic) bond motifs is 6. The molecule has 0 radical (unpaired) electrons. The number of aliphatic hydroxyl groups is 1. The summed E-state index contributed by atoms with van der Waals surface area (Å²) in [5.74, 6) is -0.200. The molecule has 0 saturated heterocycles. The number of hydrogen-bond donors (Lipinski definition) is 1. The van der Waals surface area contributed by atoms with E-state index in [0.717, 1.165) is 41.9 Å². The Morgan fingerprint density at radius 1 is 1.03 bits per heavy atom. The fourth-order valence-corrected chi connectivity index (χ4v) is 7.26. The van der Waals surface area contributed by atoms with Crippen LogP contribution in [0.15, 0.2) is 10.9 Å². The lowest BCUT2D eigenvalue weighted by molar-refractivity contribution is -0.140. The van der Waals surface area contributed by atoms with Gasteiger partial charge < -0.3 is 14.6 Å². The quantitative estimate of drug-likeness (QED) is 0.454. The van der Waals surface area contributed by atoms with Gasteiger partial charge in [0.25, 0.3) is 5.56 Å². The maximum atomic E-state index is 13.8. The van der Waals surface area contributed by atoms with E-state index in [4.69, 9.17) is 4.98 Å². The van der Waals surface area contributed by atoms with Crippen LogP contribution in [0.25, 0.3) is 22.3 Å². The van der Waals surface area contributed by atoms with E-state index in [1.807, 2.05) is 10.6 Å². The smallest absolute Gasteiger partial charge is 0.254 e. The molecule has 1 N–H and O–H groups in total. The molecule has 2 aromatic heterocycles. The van der Waals surface area contributed by atoms with Crippen molar-refractivity contribution in [3.05, 3.63) is 60.9 Å². The zero-order valence-corrected chi connectivity index (χ0v) is 23.1. The third-order valence-corrected chi connectivity index (χ3v) is 9.18. The first kappa shape index (κ1) is 24.5. The van der Waals surface area contributed by atoms with Crippen molar-refractivity contribution in [1.29, 1.82) is 0 Å². The number of rotatable bonds is 3. The summed E-state index contributed by atoms with van der Waals surface area (Å²) in [6.45, 7) is 12.2. The number of benzene rings is 1. The lowest BCUT2D eigenvalue weighted by Crippen LogP contribution is -2.43. The third kappa shape index (κ3) is 3.28. The molecule has 1 atom stereocenters. The number of carbonyl (C=O) groups is 1. The Morgan fingerprint density at radius 2 is 1.70 bits per heavy atom. The zero-order valence-electron chi connectivity index (χ0n) is 23.1. The Balaban J connectivity index is 1.69. The van der Waals surface area contributed by atoms with Gasteiger partial charge in [0.2, 0.25) is 0 Å². The number of hydrogen-bond acceptors (Lipinski definition) is 5. The summed E-state index contributed by atoms with van der Waals surface area (Å²) in [4.78, 5) is 34.0. The van der Waals surface area contributed by atoms with Gasteiger partial charge in [-0.2, -0.15) is 0 Å². The van der Waals surface area contributed by atoms with Crippen molar-refractivity contribution < 1.29 is 9.90 Å². The van der Waals surface area contributed by atoms with Gasteiger partial charge in [-0.1, -0.05) is 20.8 Å². The Kier molecular flexibility index (Phi) is 5.19. The molecule has 1 aromatic carbocycles. The molecule has 0 unspecified atom stereocenters. The second-order valence-electron chi connectivity index (χ2n) is 12.6. The van der Waals surface area contributed by atoms with Crippen molar-refractivity contribution in [2.45, 2.75) is 85.4 Å². The van der Waals surface area contributed by atoms with Crippen molar-refractivity contribution >= 4 is 16.7 Å². The summed E-state index contributed by atoms with van der Waals surface area (Å²) in [7, 11) is 4.16. The second kappa shape index (κ2) is 7.84. The molecule has 37 heavy (non-hydrogen) atoms. The van der Waals surface area contributed by atoms with E-state index in [0.29, 0.717) is 24.1 Å². The molecule has 3 aromatic rings. The van der Waals surface area contributed by atoms with Crippen molar-refractivity contribution in [3.63, 3.8) is 0 Å². The van der Waals surface area contributed by atoms with Crippen molar-refractivity contribution in [2.75, 3.05) is 14.1 Å². The van der Waals surface area contributed by atoms with Gasteiger partial charge in [0.15, 0.2) is 5.78 Å². The summed E-state index contributed by atoms with van der Waals surface area (Å²) < 4.78 is 1.82. The van der Waals surface area contributed by atoms with E-state index in [-0.39, 0.29) is 29.6 Å². The van der Waals surface area contributed by atoms with E-state index in [2.05, 4.69) is 46.7 Å². The number of aromatic nitrogens is 2. The minimum atomic E-state index is -1.60. The molecule has 0 spiro atoms. The third-order valence-electron chi connectivity index (χ3n) is 9.18. The number of Topliss-reactive ketones (excluding diaryl/α,β-unsaturated/α-hetero) is 1. The molecule has 6 heteroatoms. The van der Waals surface area contributed by atoms with Crippen LogP contribution in [0.3, 0.4) is 0 Å². The largest absolute Gasteiger partial charge is 0.377 e. The molecule has 0 fully saturated rings. The predicted molar refractivity (Wildman–Crippen MR) is 146 cm³/mol. The molecule has 194 valence electrons. The minimum Gasteiger partial charge on any atom is -0.377 e. The highest BCUT2D eigenvalue weighted by atomic mass is 16.3. The molecule has 1 aliphatic heterocycles. The van der Waals surface area contributed by atoms with Crippen molar-refractivity contribution in [2.24, 2.45) is 5.41 Å². The van der Waals surface area contributed by atoms with Gasteiger partial charge in [0, 0.05) is 35.0 Å². The predicted octanol–water partition coefficient (Wildman–Crippen LogP) is 4.34. The average Bonchev–Trinajstić information content (AvgIpc) is 3.37. The fourth-order valence-electron chi connectivity index (χ4n) is 7.26. The van der Waals surface area contributed by atoms with Gasteiger partial charge in [-0.3, -0.25) is 9.59 Å². The first-order valence-electron chi connectivity index (χ1n) is 13.5. The van der Waals surface area contributed by atoms with Crippen LogP contribution < -0.4 is 5.56 Å². The Morgan fingerprint density at radius 3 is 2.35 bits per heavy atom. The van der Waals surface area contributed by atoms with E-state index in [1.54, 1.807) is 6.92 Å². The normalized spacial score (nSPS) is 21.4. The van der Waals surface area contributed by atoms with E-state index >= 15 is 0 Å². The molecule has 0 bridgehead atoms. The van der Waals surface area contributed by atoms with Gasteiger partial charge in [-0.15, -0.1) is 0 Å². The van der Waals surface area contributed by atoms with Crippen LogP contribution in [0.1, 0.15) is 78.1 Å². The average molecular weight is 500 g/mol. The minimum absolute atomic E-state index is 0.0950. The van der Waals surface area contributed by atoms with Crippen LogP contribution in [-0.4, -0.2) is 39.4 Å². The summed E-state index contributed by atoms with van der Waals surface area (Å²) in [5, 5.41) is 12.6. The van der Waals surface area contributed by atoms with E-state index < -0.39 is 5.60 Å². The highest BCUT2D eigenvalue weighted by Gasteiger charge is 2.43. The van der Waals surface area contributed by atoms with Crippen molar-refractivity contribution in [3.8, 4) is 11.4 Å². The van der Waals surface area contributed by atoms with Crippen LogP contribution in [0.5, 0.6) is 0 Å². The SMILES string of the molecule is CC[C@@]1(O)C(=O)CCc2c1cc1n(c2=O)Cc2c-1nc1c(C)c3c(c(C)c1c2CN(C)C)CC(C)(C)C3. The molecular formula is C31H37N3O3. The Labute approximate surface area is 218 Å². The van der Waals surface area contributed by atoms with Crippen LogP contribution in [-0.2, 0) is 42.7 Å².